The number of thiophene rings is 1. The van der Waals surface area contributed by atoms with Gasteiger partial charge in [0.15, 0.2) is 26.9 Å². The van der Waals surface area contributed by atoms with Crippen molar-refractivity contribution >= 4 is 16.4 Å². The van der Waals surface area contributed by atoms with E-state index >= 15 is 0 Å². The largest absolute Gasteiger partial charge is 0.481 e. The van der Waals surface area contributed by atoms with E-state index in [1.54, 1.807) is 0 Å². The number of carbonyl (C=O) groups excluding carboxylic acids is 1. The van der Waals surface area contributed by atoms with Crippen LogP contribution in [0, 0.1) is 45.5 Å². The number of ether oxygens (including phenoxy) is 2. The van der Waals surface area contributed by atoms with Gasteiger partial charge in [-0.3, -0.25) is 0 Å². The standard InChI is InChI=1S/C26H33O3S/c1-18-15-23(30-20(3)11-12-21(30)4)16-19(2)25(18)28-17-24(27)29-26(5,6)14-13-22-9-7-8-10-22/h11-12,15-16,22H,7-10,17H2,1-6H3/q+1. The molecule has 1 saturated carbocycles. The van der Waals surface area contributed by atoms with Crippen LogP contribution >= 0.6 is 10.5 Å². The van der Waals surface area contributed by atoms with Gasteiger partial charge >= 0.3 is 5.97 Å². The molecule has 3 nitrogen and oxygen atoms in total. The van der Waals surface area contributed by atoms with Crippen molar-refractivity contribution < 1.29 is 14.3 Å². The number of carbonyl (C=O) groups is 1. The average molecular weight is 426 g/mol. The van der Waals surface area contributed by atoms with Crippen LogP contribution in [0.5, 0.6) is 5.75 Å². The zero-order valence-corrected chi connectivity index (χ0v) is 19.9. The molecule has 0 radical (unpaired) electrons. The highest BCUT2D eigenvalue weighted by molar-refractivity contribution is 7.39. The molecule has 0 bridgehead atoms. The van der Waals surface area contributed by atoms with Crippen molar-refractivity contribution in [3.8, 4) is 22.5 Å². The smallest absolute Gasteiger partial charge is 0.345 e. The van der Waals surface area contributed by atoms with E-state index in [1.807, 2.05) is 27.7 Å². The average Bonchev–Trinajstić information content (AvgIpc) is 3.28. The molecule has 1 aromatic carbocycles. The fourth-order valence-corrected chi connectivity index (χ4v) is 6.32. The Morgan fingerprint density at radius 2 is 1.63 bits per heavy atom. The second kappa shape index (κ2) is 9.27. The molecule has 0 unspecified atom stereocenters. The molecule has 0 aliphatic heterocycles. The molecule has 160 valence electrons. The first-order valence-electron chi connectivity index (χ1n) is 10.7. The minimum atomic E-state index is -0.797. The van der Waals surface area contributed by atoms with Crippen LogP contribution in [-0.2, 0) is 9.53 Å². The molecule has 2 aromatic rings. The fourth-order valence-electron chi connectivity index (χ4n) is 4.07. The third kappa shape index (κ3) is 5.46. The summed E-state index contributed by atoms with van der Waals surface area (Å²) in [7, 11) is 0.0210. The molecule has 0 N–H and O–H groups in total. The summed E-state index contributed by atoms with van der Waals surface area (Å²) < 4.78 is 11.5. The van der Waals surface area contributed by atoms with Gasteiger partial charge in [-0.15, -0.1) is 0 Å². The van der Waals surface area contributed by atoms with Gasteiger partial charge in [-0.05, 0) is 63.8 Å². The van der Waals surface area contributed by atoms with Crippen molar-refractivity contribution in [3.05, 3.63) is 45.1 Å². The van der Waals surface area contributed by atoms with E-state index in [4.69, 9.17) is 9.47 Å². The summed E-state index contributed by atoms with van der Waals surface area (Å²) in [5.41, 5.74) is 1.28. The highest BCUT2D eigenvalue weighted by atomic mass is 32.2. The topological polar surface area (TPSA) is 35.5 Å². The molecule has 30 heavy (non-hydrogen) atoms. The summed E-state index contributed by atoms with van der Waals surface area (Å²) in [6.45, 7) is 12.0. The summed E-state index contributed by atoms with van der Waals surface area (Å²) >= 11 is 0. The molecule has 3 rings (SSSR count). The minimum Gasteiger partial charge on any atom is -0.481 e. The van der Waals surface area contributed by atoms with Crippen LogP contribution < -0.4 is 4.74 Å². The van der Waals surface area contributed by atoms with Gasteiger partial charge in [0.1, 0.15) is 5.75 Å². The lowest BCUT2D eigenvalue weighted by Crippen LogP contribution is -2.29. The van der Waals surface area contributed by atoms with E-state index in [1.165, 1.54) is 27.5 Å². The lowest BCUT2D eigenvalue weighted by molar-refractivity contribution is -0.154. The van der Waals surface area contributed by atoms with E-state index < -0.39 is 5.60 Å². The van der Waals surface area contributed by atoms with Crippen LogP contribution in [0.4, 0.5) is 0 Å². The molecular formula is C26H33O3S+. The first-order valence-corrected chi connectivity index (χ1v) is 12.0. The first-order chi connectivity index (χ1) is 14.2. The van der Waals surface area contributed by atoms with E-state index in [2.05, 4.69) is 50.0 Å². The van der Waals surface area contributed by atoms with E-state index in [0.29, 0.717) is 5.92 Å². The van der Waals surface area contributed by atoms with Crippen molar-refractivity contribution in [2.45, 2.75) is 72.8 Å². The van der Waals surface area contributed by atoms with Crippen molar-refractivity contribution in [2.75, 3.05) is 6.61 Å². The number of aryl methyl sites for hydroxylation is 4. The van der Waals surface area contributed by atoms with Crippen molar-refractivity contribution in [2.24, 2.45) is 5.92 Å². The molecule has 0 saturated heterocycles. The van der Waals surface area contributed by atoms with Crippen LogP contribution in [-0.4, -0.2) is 18.2 Å². The summed E-state index contributed by atoms with van der Waals surface area (Å²) in [5.74, 6) is 7.24. The lowest BCUT2D eigenvalue weighted by Gasteiger charge is -2.20. The summed E-state index contributed by atoms with van der Waals surface area (Å²) in [6, 6.07) is 8.74. The van der Waals surface area contributed by atoms with Crippen molar-refractivity contribution in [1.82, 2.24) is 0 Å². The predicted octanol–water partition coefficient (Wildman–Crippen LogP) is 6.55. The van der Waals surface area contributed by atoms with E-state index in [0.717, 1.165) is 29.7 Å². The molecule has 1 aliphatic carbocycles. The summed E-state index contributed by atoms with van der Waals surface area (Å²) in [6.07, 6.45) is 4.80. The number of rotatable bonds is 5. The maximum atomic E-state index is 12.4. The second-order valence-corrected chi connectivity index (χ2v) is 11.1. The molecule has 1 heterocycles. The minimum absolute atomic E-state index is 0.0210. The Labute approximate surface area is 183 Å². The number of hydrogen-bond donors (Lipinski definition) is 0. The Bertz CT molecular complexity index is 939. The van der Waals surface area contributed by atoms with Gasteiger partial charge in [-0.25, -0.2) is 4.79 Å². The zero-order valence-electron chi connectivity index (χ0n) is 19.1. The molecule has 0 atom stereocenters. The fraction of sp³-hybridized carbons (Fsp3) is 0.500. The Kier molecular flexibility index (Phi) is 6.93. The van der Waals surface area contributed by atoms with Gasteiger partial charge in [0, 0.05) is 42.4 Å². The van der Waals surface area contributed by atoms with Crippen molar-refractivity contribution in [1.29, 1.82) is 0 Å². The molecule has 1 aliphatic rings. The van der Waals surface area contributed by atoms with Gasteiger partial charge in [0.2, 0.25) is 0 Å². The Morgan fingerprint density at radius 3 is 2.20 bits per heavy atom. The Balaban J connectivity index is 1.64. The lowest BCUT2D eigenvalue weighted by atomic mass is 10.1. The monoisotopic (exact) mass is 425 g/mol. The van der Waals surface area contributed by atoms with Crippen LogP contribution in [0.2, 0.25) is 0 Å². The van der Waals surface area contributed by atoms with Gasteiger partial charge < -0.3 is 9.47 Å². The third-order valence-electron chi connectivity index (χ3n) is 5.50. The highest BCUT2D eigenvalue weighted by Crippen LogP contribution is 2.41. The number of benzene rings is 1. The zero-order chi connectivity index (χ0) is 21.9. The number of hydrogen-bond acceptors (Lipinski definition) is 3. The Morgan fingerprint density at radius 1 is 1.07 bits per heavy atom. The number of esters is 1. The molecule has 1 aromatic heterocycles. The molecular weight excluding hydrogens is 392 g/mol. The highest BCUT2D eigenvalue weighted by Gasteiger charge is 2.23. The van der Waals surface area contributed by atoms with Gasteiger partial charge in [-0.2, -0.15) is 0 Å². The van der Waals surface area contributed by atoms with Gasteiger partial charge in [-0.1, -0.05) is 24.7 Å². The van der Waals surface area contributed by atoms with E-state index in [-0.39, 0.29) is 23.0 Å². The quantitative estimate of drug-likeness (QED) is 0.309. The normalized spacial score (nSPS) is 14.3. The molecule has 1 fully saturated rings. The third-order valence-corrected chi connectivity index (χ3v) is 7.77. The van der Waals surface area contributed by atoms with Crippen molar-refractivity contribution in [3.63, 3.8) is 0 Å². The Hall–Kier alpha value is -2.25. The van der Waals surface area contributed by atoms with Crippen LogP contribution in [0.25, 0.3) is 4.90 Å². The maximum absolute atomic E-state index is 12.4. The van der Waals surface area contributed by atoms with Gasteiger partial charge in [0.05, 0.1) is 0 Å². The van der Waals surface area contributed by atoms with Crippen LogP contribution in [0.1, 0.15) is 60.4 Å². The second-order valence-electron chi connectivity index (χ2n) is 8.77. The van der Waals surface area contributed by atoms with Crippen LogP contribution in [0.3, 0.4) is 0 Å². The molecule has 0 amide bonds. The predicted molar refractivity (Wildman–Crippen MR) is 125 cm³/mol. The summed E-state index contributed by atoms with van der Waals surface area (Å²) in [5, 5.41) is 0. The maximum Gasteiger partial charge on any atom is 0.345 e. The van der Waals surface area contributed by atoms with Gasteiger partial charge in [0.25, 0.3) is 0 Å². The molecule has 0 spiro atoms. The van der Waals surface area contributed by atoms with E-state index in [9.17, 15) is 4.79 Å². The summed E-state index contributed by atoms with van der Waals surface area (Å²) in [4.78, 5) is 16.4. The first kappa shape index (κ1) is 22.4. The van der Waals surface area contributed by atoms with Crippen LogP contribution in [0.15, 0.2) is 24.3 Å². The SMILES string of the molecule is Cc1cc(-[s+]2c(C)ccc2C)cc(C)c1OCC(=O)OC(C)(C)C#CC1CCCC1. The molecule has 4 heteroatoms.